The molecule has 308 valence electrons. The number of nitrogen functional groups attached to an aromatic ring is 2. The second-order valence-corrected chi connectivity index (χ2v) is 16.5. The third-order valence-electron chi connectivity index (χ3n) is 8.16. The highest BCUT2D eigenvalue weighted by molar-refractivity contribution is 7.86. The number of nitrogens with zero attached hydrogens (tertiary/aromatic N) is 6. The molecule has 0 amide bonds. The summed E-state index contributed by atoms with van der Waals surface area (Å²) < 4.78 is 105. The van der Waals surface area contributed by atoms with Crippen molar-refractivity contribution in [2.75, 3.05) is 16.8 Å². The average molecular weight is 878 g/mol. The highest BCUT2D eigenvalue weighted by atomic mass is 32.2. The molecule has 60 heavy (non-hydrogen) atoms. The number of aromatic carboxylic acids is 1. The Morgan fingerprint density at radius 2 is 1.15 bits per heavy atom. The molecule has 0 atom stereocenters. The third-order valence-corrected chi connectivity index (χ3v) is 10.8. The molecule has 0 aromatic heterocycles. The van der Waals surface area contributed by atoms with Crippen LogP contribution >= 0.6 is 0 Å². The van der Waals surface area contributed by atoms with Gasteiger partial charge in [-0.05, 0) is 90.3 Å². The molecule has 6 aromatic carbocycles. The molecule has 0 bridgehead atoms. The van der Waals surface area contributed by atoms with Gasteiger partial charge in [-0.15, -0.1) is 15.3 Å². The predicted molar refractivity (Wildman–Crippen MR) is 214 cm³/mol. The van der Waals surface area contributed by atoms with Gasteiger partial charge in [0, 0.05) is 17.4 Å². The molecule has 25 heteroatoms. The van der Waals surface area contributed by atoms with Crippen molar-refractivity contribution >= 4 is 104 Å². The summed E-state index contributed by atoms with van der Waals surface area (Å²) in [7, 11) is -15.5. The maximum atomic E-state index is 12.5. The van der Waals surface area contributed by atoms with E-state index < -0.39 is 84.6 Å². The van der Waals surface area contributed by atoms with Crippen LogP contribution in [-0.4, -0.2) is 60.2 Å². The number of aromatic hydroxyl groups is 2. The van der Waals surface area contributed by atoms with Gasteiger partial charge >= 0.3 is 5.97 Å². The first-order chi connectivity index (χ1) is 28.1. The topological polar surface area (TPSA) is 379 Å². The van der Waals surface area contributed by atoms with Gasteiger partial charge in [0.2, 0.25) is 0 Å². The highest BCUT2D eigenvalue weighted by Gasteiger charge is 2.28. The molecule has 0 radical (unpaired) electrons. The van der Waals surface area contributed by atoms with Crippen LogP contribution in [0.25, 0.3) is 10.8 Å². The molecule has 22 nitrogen and oxygen atoms in total. The van der Waals surface area contributed by atoms with Gasteiger partial charge in [-0.2, -0.15) is 40.6 Å². The predicted octanol–water partition coefficient (Wildman–Crippen LogP) is 7.84. The monoisotopic (exact) mass is 877 g/mol. The molecular weight excluding hydrogens is 851 g/mol. The Morgan fingerprint density at radius 3 is 1.75 bits per heavy atom. The molecule has 0 aliphatic heterocycles. The average Bonchev–Trinajstić information content (AvgIpc) is 3.16. The Hall–Kier alpha value is -7.42. The second kappa shape index (κ2) is 16.1. The normalized spacial score (nSPS) is 12.5. The van der Waals surface area contributed by atoms with Crippen LogP contribution in [0.3, 0.4) is 0 Å². The molecule has 6 aromatic rings. The van der Waals surface area contributed by atoms with E-state index in [1.54, 1.807) is 0 Å². The van der Waals surface area contributed by atoms with E-state index in [0.29, 0.717) is 29.2 Å². The maximum Gasteiger partial charge on any atom is 0.335 e. The summed E-state index contributed by atoms with van der Waals surface area (Å²) in [6, 6.07) is 19.7. The molecule has 0 saturated carbocycles. The van der Waals surface area contributed by atoms with E-state index in [-0.39, 0.29) is 34.1 Å². The van der Waals surface area contributed by atoms with E-state index in [4.69, 9.17) is 11.5 Å². The van der Waals surface area contributed by atoms with Gasteiger partial charge in [-0.1, -0.05) is 6.07 Å². The summed E-state index contributed by atoms with van der Waals surface area (Å²) in [6.45, 7) is 0. The van der Waals surface area contributed by atoms with Crippen molar-refractivity contribution in [1.29, 1.82) is 0 Å². The van der Waals surface area contributed by atoms with Crippen LogP contribution in [-0.2, 0) is 30.4 Å². The van der Waals surface area contributed by atoms with Gasteiger partial charge in [0.25, 0.3) is 30.4 Å². The Morgan fingerprint density at radius 1 is 0.583 bits per heavy atom. The van der Waals surface area contributed by atoms with Crippen molar-refractivity contribution < 1.29 is 59.0 Å². The van der Waals surface area contributed by atoms with Crippen molar-refractivity contribution in [3.8, 4) is 11.5 Å². The van der Waals surface area contributed by atoms with E-state index in [0.717, 1.165) is 12.1 Å². The Bertz CT molecular complexity index is 3180. The number of fused-ring (bicyclic) bond motifs is 1. The van der Waals surface area contributed by atoms with Gasteiger partial charge in [0.05, 0.1) is 39.4 Å². The van der Waals surface area contributed by atoms with Crippen LogP contribution < -0.4 is 16.8 Å². The molecular formula is C35H27N9O13S3. The van der Waals surface area contributed by atoms with Gasteiger partial charge in [-0.25, -0.2) is 4.79 Å². The summed E-state index contributed by atoms with van der Waals surface area (Å²) in [4.78, 5) is 8.49. The lowest BCUT2D eigenvalue weighted by Crippen LogP contribution is -2.04. The molecule has 0 heterocycles. The minimum absolute atomic E-state index is 0.125. The summed E-state index contributed by atoms with van der Waals surface area (Å²) in [5.41, 5.74) is 9.67. The Labute approximate surface area is 338 Å². The number of carboxylic acid groups (broad SMARTS) is 1. The number of carbonyl (C=O) groups is 1. The number of anilines is 4. The fraction of sp³-hybridized carbons (Fsp3) is 0. The fourth-order valence-corrected chi connectivity index (χ4v) is 7.41. The van der Waals surface area contributed by atoms with Gasteiger partial charge in [-0.3, -0.25) is 13.7 Å². The highest BCUT2D eigenvalue weighted by Crippen LogP contribution is 2.48. The second-order valence-electron chi connectivity index (χ2n) is 12.3. The maximum absolute atomic E-state index is 12.5. The van der Waals surface area contributed by atoms with Crippen molar-refractivity contribution in [2.45, 2.75) is 14.7 Å². The van der Waals surface area contributed by atoms with Gasteiger partial charge < -0.3 is 32.1 Å². The van der Waals surface area contributed by atoms with E-state index in [1.165, 1.54) is 72.8 Å². The molecule has 0 saturated heterocycles. The SMILES string of the molecule is Nc1ccc(N=Nc2ccc(Nc3ccc(N=Nc4c(S(=O)(=O)O)cc5cc(S(=O)(=O)O)c(N=Nc6cccc(C(=O)O)c6)c(O)c5c4N)cc3S(=O)(=O)O)cc2)c(O)c1. The van der Waals surface area contributed by atoms with Crippen LogP contribution in [0.1, 0.15) is 10.4 Å². The zero-order valence-corrected chi connectivity index (χ0v) is 32.3. The first kappa shape index (κ1) is 42.2. The van der Waals surface area contributed by atoms with E-state index in [2.05, 4.69) is 36.0 Å². The molecule has 0 spiro atoms. The molecule has 0 aliphatic rings. The molecule has 11 N–H and O–H groups in total. The number of hydrogen-bond donors (Lipinski definition) is 9. The number of azo groups is 3. The summed E-state index contributed by atoms with van der Waals surface area (Å²) >= 11 is 0. The summed E-state index contributed by atoms with van der Waals surface area (Å²) in [5.74, 6) is -2.60. The minimum Gasteiger partial charge on any atom is -0.506 e. The number of benzene rings is 6. The van der Waals surface area contributed by atoms with Crippen LogP contribution in [0.4, 0.5) is 56.9 Å². The number of phenols is 2. The van der Waals surface area contributed by atoms with Crippen molar-refractivity contribution in [1.82, 2.24) is 0 Å². The number of hydrogen-bond acceptors (Lipinski definition) is 18. The van der Waals surface area contributed by atoms with Crippen LogP contribution in [0.15, 0.2) is 142 Å². The van der Waals surface area contributed by atoms with Gasteiger partial charge in [0.1, 0.15) is 37.5 Å². The Kier molecular flexibility index (Phi) is 11.3. The summed E-state index contributed by atoms with van der Waals surface area (Å²) in [5, 5.41) is 55.3. The lowest BCUT2D eigenvalue weighted by Gasteiger charge is -2.14. The first-order valence-electron chi connectivity index (χ1n) is 16.3. The largest absolute Gasteiger partial charge is 0.506 e. The number of nitrogens with two attached hydrogens (primary N) is 2. The smallest absolute Gasteiger partial charge is 0.335 e. The van der Waals surface area contributed by atoms with E-state index >= 15 is 0 Å². The van der Waals surface area contributed by atoms with E-state index in [9.17, 15) is 59.0 Å². The lowest BCUT2D eigenvalue weighted by atomic mass is 10.1. The minimum atomic E-state index is -5.27. The molecule has 0 fully saturated rings. The molecule has 0 aliphatic carbocycles. The summed E-state index contributed by atoms with van der Waals surface area (Å²) in [6.07, 6.45) is 0. The zero-order chi connectivity index (χ0) is 43.7. The molecule has 6 rings (SSSR count). The third kappa shape index (κ3) is 9.31. The molecule has 0 unspecified atom stereocenters. The number of rotatable bonds is 12. The zero-order valence-electron chi connectivity index (χ0n) is 29.8. The van der Waals surface area contributed by atoms with Crippen LogP contribution in [0.2, 0.25) is 0 Å². The quantitative estimate of drug-likeness (QED) is 0.0321. The van der Waals surface area contributed by atoms with Crippen molar-refractivity contribution in [3.05, 3.63) is 103 Å². The lowest BCUT2D eigenvalue weighted by molar-refractivity contribution is 0.0696. The number of nitrogens with one attached hydrogen (secondary N) is 1. The van der Waals surface area contributed by atoms with E-state index in [1.807, 2.05) is 0 Å². The Balaban J connectivity index is 1.38. The van der Waals surface area contributed by atoms with Crippen LogP contribution in [0, 0.1) is 0 Å². The number of phenolic OH excluding ortho intramolecular Hbond substituents is 2. The van der Waals surface area contributed by atoms with Crippen LogP contribution in [0.5, 0.6) is 11.5 Å². The standard InChI is InChI=1S/C35H27N9O13S3/c36-19-4-10-24(26(45)15-19)42-39-21-7-5-20(6-8-21)38-25-11-9-23(16-27(25)58(49,50)51)41-43-32-28(59(52,53)54)13-18-14-29(60(55,56)57)33(34(46)30(18)31(32)37)44-40-22-3-1-2-17(12-22)35(47)48/h1-16,38,45-46H,36-37H2,(H,47,48)(H,49,50,51)(H,52,53,54)(H,55,56,57). The number of carboxylic acids is 1. The van der Waals surface area contributed by atoms with Gasteiger partial charge in [0.15, 0.2) is 5.75 Å². The van der Waals surface area contributed by atoms with Crippen molar-refractivity contribution in [3.63, 3.8) is 0 Å². The first-order valence-corrected chi connectivity index (χ1v) is 20.6. The fourth-order valence-electron chi connectivity index (χ4n) is 5.41. The van der Waals surface area contributed by atoms with Crippen molar-refractivity contribution in [2.24, 2.45) is 30.7 Å².